The Hall–Kier alpha value is -2.30. The van der Waals surface area contributed by atoms with E-state index in [0.717, 1.165) is 11.3 Å². The molecule has 0 unspecified atom stereocenters. The van der Waals surface area contributed by atoms with E-state index in [-0.39, 0.29) is 5.91 Å². The second-order valence-corrected chi connectivity index (χ2v) is 6.17. The first kappa shape index (κ1) is 16.6. The Morgan fingerprint density at radius 3 is 2.46 bits per heavy atom. The lowest BCUT2D eigenvalue weighted by atomic mass is 10.2. The molecule has 0 radical (unpaired) electrons. The minimum Gasteiger partial charge on any atom is -0.305 e. The number of anilines is 1. The third-order valence-electron chi connectivity index (χ3n) is 3.62. The number of hydrogen-bond donors (Lipinski definition) is 1. The van der Waals surface area contributed by atoms with E-state index in [9.17, 15) is 4.79 Å². The van der Waals surface area contributed by atoms with Crippen molar-refractivity contribution in [1.29, 1.82) is 0 Å². The summed E-state index contributed by atoms with van der Waals surface area (Å²) in [5.41, 5.74) is 2.30. The van der Waals surface area contributed by atoms with Gasteiger partial charge in [0, 0.05) is 16.8 Å². The summed E-state index contributed by atoms with van der Waals surface area (Å²) in [5.74, 6) is 0.187. The largest absolute Gasteiger partial charge is 0.305 e. The van der Waals surface area contributed by atoms with Gasteiger partial charge >= 0.3 is 0 Å². The van der Waals surface area contributed by atoms with Crippen LogP contribution in [0.25, 0.3) is 0 Å². The molecular formula is C18H15Cl2N3O. The Morgan fingerprint density at radius 1 is 1.08 bits per heavy atom. The van der Waals surface area contributed by atoms with Crippen LogP contribution in [0.5, 0.6) is 0 Å². The highest BCUT2D eigenvalue weighted by molar-refractivity contribution is 6.34. The normalized spacial score (nSPS) is 10.6. The molecule has 3 rings (SSSR count). The molecule has 0 aliphatic rings. The molecule has 1 aromatic heterocycles. The Labute approximate surface area is 150 Å². The summed E-state index contributed by atoms with van der Waals surface area (Å²) in [7, 11) is 0. The maximum absolute atomic E-state index is 12.3. The average molecular weight is 360 g/mol. The first-order valence-electron chi connectivity index (χ1n) is 7.38. The number of nitrogens with one attached hydrogen (secondary N) is 1. The van der Waals surface area contributed by atoms with Crippen molar-refractivity contribution < 1.29 is 4.79 Å². The highest BCUT2D eigenvalue weighted by Crippen LogP contribution is 2.20. The van der Waals surface area contributed by atoms with E-state index in [2.05, 4.69) is 10.4 Å². The van der Waals surface area contributed by atoms with Gasteiger partial charge in [-0.05, 0) is 30.7 Å². The van der Waals surface area contributed by atoms with E-state index in [0.29, 0.717) is 28.0 Å². The zero-order valence-electron chi connectivity index (χ0n) is 13.0. The smallest absolute Gasteiger partial charge is 0.258 e. The van der Waals surface area contributed by atoms with Crippen LogP contribution in [0.4, 0.5) is 5.82 Å². The fourth-order valence-electron chi connectivity index (χ4n) is 2.35. The molecule has 0 atom stereocenters. The van der Waals surface area contributed by atoms with E-state index in [1.54, 1.807) is 28.9 Å². The number of benzene rings is 2. The van der Waals surface area contributed by atoms with Gasteiger partial charge in [-0.3, -0.25) is 9.48 Å². The predicted molar refractivity (Wildman–Crippen MR) is 96.9 cm³/mol. The number of hydrogen-bond acceptors (Lipinski definition) is 2. The monoisotopic (exact) mass is 359 g/mol. The summed E-state index contributed by atoms with van der Waals surface area (Å²) in [5, 5.41) is 8.29. The van der Waals surface area contributed by atoms with Gasteiger partial charge in [-0.15, -0.1) is 0 Å². The summed E-state index contributed by atoms with van der Waals surface area (Å²) in [4.78, 5) is 12.3. The van der Waals surface area contributed by atoms with Gasteiger partial charge in [0.05, 0.1) is 17.1 Å². The molecule has 1 heterocycles. The van der Waals surface area contributed by atoms with Crippen molar-refractivity contribution in [3.63, 3.8) is 0 Å². The Balaban J connectivity index is 1.78. The van der Waals surface area contributed by atoms with Gasteiger partial charge in [0.25, 0.3) is 5.91 Å². The Bertz CT molecular complexity index is 889. The van der Waals surface area contributed by atoms with E-state index in [1.807, 2.05) is 37.3 Å². The van der Waals surface area contributed by atoms with E-state index in [4.69, 9.17) is 23.2 Å². The maximum atomic E-state index is 12.3. The molecule has 0 bridgehead atoms. The van der Waals surface area contributed by atoms with Gasteiger partial charge in [-0.25, -0.2) is 0 Å². The number of carbonyl (C=O) groups excluding carboxylic acids is 1. The molecule has 0 aliphatic heterocycles. The van der Waals surface area contributed by atoms with Crippen LogP contribution >= 0.6 is 23.2 Å². The molecule has 1 N–H and O–H groups in total. The SMILES string of the molecule is Cc1cc(NC(=O)c2ccccc2Cl)nn1Cc1ccccc1Cl. The molecule has 2 aromatic carbocycles. The number of aryl methyl sites for hydroxylation is 1. The van der Waals surface area contributed by atoms with E-state index < -0.39 is 0 Å². The third kappa shape index (κ3) is 3.61. The molecule has 4 nitrogen and oxygen atoms in total. The van der Waals surface area contributed by atoms with Gasteiger partial charge in [-0.2, -0.15) is 5.10 Å². The Morgan fingerprint density at radius 2 is 1.75 bits per heavy atom. The highest BCUT2D eigenvalue weighted by atomic mass is 35.5. The average Bonchev–Trinajstić information content (AvgIpc) is 2.89. The van der Waals surface area contributed by atoms with Crippen molar-refractivity contribution in [2.75, 3.05) is 5.32 Å². The number of halogens is 2. The van der Waals surface area contributed by atoms with Gasteiger partial charge < -0.3 is 5.32 Å². The van der Waals surface area contributed by atoms with Crippen molar-refractivity contribution in [3.05, 3.63) is 81.5 Å². The second kappa shape index (κ2) is 7.07. The number of nitrogens with zero attached hydrogens (tertiary/aromatic N) is 2. The Kier molecular flexibility index (Phi) is 4.88. The highest BCUT2D eigenvalue weighted by Gasteiger charge is 2.13. The van der Waals surface area contributed by atoms with Crippen LogP contribution in [0, 0.1) is 6.92 Å². The standard InChI is InChI=1S/C18H15Cl2N3O/c1-12-10-17(21-18(24)14-7-3-5-9-16(14)20)22-23(12)11-13-6-2-4-8-15(13)19/h2-10H,11H2,1H3,(H,21,22,24). The molecule has 0 saturated heterocycles. The predicted octanol–water partition coefficient (Wildman–Crippen LogP) is 4.80. The molecule has 1 amide bonds. The molecule has 24 heavy (non-hydrogen) atoms. The van der Waals surface area contributed by atoms with Crippen LogP contribution < -0.4 is 5.32 Å². The second-order valence-electron chi connectivity index (χ2n) is 5.35. The first-order valence-corrected chi connectivity index (χ1v) is 8.14. The zero-order chi connectivity index (χ0) is 17.1. The summed E-state index contributed by atoms with van der Waals surface area (Å²) >= 11 is 12.2. The quantitative estimate of drug-likeness (QED) is 0.727. The van der Waals surface area contributed by atoms with Crippen molar-refractivity contribution in [3.8, 4) is 0 Å². The molecule has 6 heteroatoms. The van der Waals surface area contributed by atoms with Crippen LogP contribution in [-0.2, 0) is 6.54 Å². The molecule has 0 fully saturated rings. The number of carbonyl (C=O) groups is 1. The lowest BCUT2D eigenvalue weighted by molar-refractivity contribution is 0.102. The number of aromatic nitrogens is 2. The molecule has 122 valence electrons. The van der Waals surface area contributed by atoms with Crippen LogP contribution in [0.15, 0.2) is 54.6 Å². The fraction of sp³-hybridized carbons (Fsp3) is 0.111. The van der Waals surface area contributed by atoms with Gasteiger partial charge in [0.2, 0.25) is 0 Å². The van der Waals surface area contributed by atoms with Crippen LogP contribution in [0.2, 0.25) is 10.0 Å². The van der Waals surface area contributed by atoms with Crippen molar-refractivity contribution >= 4 is 34.9 Å². The third-order valence-corrected chi connectivity index (χ3v) is 4.32. The van der Waals surface area contributed by atoms with Crippen LogP contribution in [0.3, 0.4) is 0 Å². The molecule has 3 aromatic rings. The lowest BCUT2D eigenvalue weighted by Gasteiger charge is -2.06. The summed E-state index contributed by atoms with van der Waals surface area (Å²) in [6, 6.07) is 16.3. The molecular weight excluding hydrogens is 345 g/mol. The fourth-order valence-corrected chi connectivity index (χ4v) is 2.77. The van der Waals surface area contributed by atoms with Crippen molar-refractivity contribution in [2.45, 2.75) is 13.5 Å². The first-order chi connectivity index (χ1) is 11.5. The zero-order valence-corrected chi connectivity index (χ0v) is 14.5. The molecule has 0 aliphatic carbocycles. The van der Waals surface area contributed by atoms with Gasteiger partial charge in [-0.1, -0.05) is 53.5 Å². The van der Waals surface area contributed by atoms with E-state index in [1.165, 1.54) is 0 Å². The summed E-state index contributed by atoms with van der Waals surface area (Å²) in [6.07, 6.45) is 0. The lowest BCUT2D eigenvalue weighted by Crippen LogP contribution is -2.13. The van der Waals surface area contributed by atoms with Crippen molar-refractivity contribution in [2.24, 2.45) is 0 Å². The van der Waals surface area contributed by atoms with Crippen LogP contribution in [-0.4, -0.2) is 15.7 Å². The number of rotatable bonds is 4. The topological polar surface area (TPSA) is 46.9 Å². The van der Waals surface area contributed by atoms with Gasteiger partial charge in [0.15, 0.2) is 5.82 Å². The summed E-state index contributed by atoms with van der Waals surface area (Å²) < 4.78 is 1.80. The van der Waals surface area contributed by atoms with Crippen LogP contribution in [0.1, 0.15) is 21.6 Å². The summed E-state index contributed by atoms with van der Waals surface area (Å²) in [6.45, 7) is 2.46. The maximum Gasteiger partial charge on any atom is 0.258 e. The van der Waals surface area contributed by atoms with Crippen molar-refractivity contribution in [1.82, 2.24) is 9.78 Å². The molecule has 0 saturated carbocycles. The minimum absolute atomic E-state index is 0.289. The molecule has 0 spiro atoms. The number of amides is 1. The van der Waals surface area contributed by atoms with E-state index >= 15 is 0 Å². The minimum atomic E-state index is -0.289. The van der Waals surface area contributed by atoms with Gasteiger partial charge in [0.1, 0.15) is 0 Å².